The summed E-state index contributed by atoms with van der Waals surface area (Å²) in [6.45, 7) is 4.75. The van der Waals surface area contributed by atoms with Crippen molar-refractivity contribution in [1.29, 1.82) is 0 Å². The topological polar surface area (TPSA) is 15.3 Å². The predicted octanol–water partition coefficient (Wildman–Crippen LogP) is 3.37. The van der Waals surface area contributed by atoms with Crippen LogP contribution in [0.5, 0.6) is 0 Å². The van der Waals surface area contributed by atoms with E-state index in [0.717, 1.165) is 18.0 Å². The zero-order valence-electron chi connectivity index (χ0n) is 12.9. The summed E-state index contributed by atoms with van der Waals surface area (Å²) >= 11 is 2.16. The Labute approximate surface area is 124 Å². The SMILES string of the molecule is CCCNC(C1CCCCCC1)C1CSCCN1C. The van der Waals surface area contributed by atoms with E-state index in [9.17, 15) is 0 Å². The van der Waals surface area contributed by atoms with E-state index < -0.39 is 0 Å². The van der Waals surface area contributed by atoms with Crippen molar-refractivity contribution in [2.24, 2.45) is 5.92 Å². The highest BCUT2D eigenvalue weighted by Crippen LogP contribution is 2.30. The van der Waals surface area contributed by atoms with E-state index in [1.165, 1.54) is 69.5 Å². The number of nitrogens with one attached hydrogen (secondary N) is 1. The fourth-order valence-electron chi connectivity index (χ4n) is 3.68. The van der Waals surface area contributed by atoms with Crippen molar-refractivity contribution in [2.45, 2.75) is 64.0 Å². The fourth-order valence-corrected chi connectivity index (χ4v) is 4.97. The second-order valence-corrected chi connectivity index (χ2v) is 7.50. The van der Waals surface area contributed by atoms with Crippen LogP contribution in [-0.2, 0) is 0 Å². The first-order valence-electron chi connectivity index (χ1n) is 8.34. The summed E-state index contributed by atoms with van der Waals surface area (Å²) in [7, 11) is 2.34. The second kappa shape index (κ2) is 8.53. The molecule has 1 aliphatic carbocycles. The highest BCUT2D eigenvalue weighted by Gasteiger charge is 2.33. The highest BCUT2D eigenvalue weighted by molar-refractivity contribution is 7.99. The molecule has 2 rings (SSSR count). The third-order valence-corrected chi connectivity index (χ3v) is 5.94. The molecule has 19 heavy (non-hydrogen) atoms. The van der Waals surface area contributed by atoms with Crippen molar-refractivity contribution in [3.63, 3.8) is 0 Å². The van der Waals surface area contributed by atoms with Gasteiger partial charge in [-0.1, -0.05) is 32.6 Å². The molecule has 2 fully saturated rings. The van der Waals surface area contributed by atoms with Crippen LogP contribution >= 0.6 is 11.8 Å². The molecule has 112 valence electrons. The van der Waals surface area contributed by atoms with Gasteiger partial charge in [-0.2, -0.15) is 11.8 Å². The minimum Gasteiger partial charge on any atom is -0.312 e. The number of hydrogen-bond donors (Lipinski definition) is 1. The monoisotopic (exact) mass is 284 g/mol. The van der Waals surface area contributed by atoms with Crippen LogP contribution in [0.2, 0.25) is 0 Å². The standard InChI is InChI=1S/C16H32N2S/c1-3-10-17-16(14-8-6-4-5-7-9-14)15-13-19-12-11-18(15)2/h14-17H,3-13H2,1-2H3. The first kappa shape index (κ1) is 15.7. The first-order valence-corrected chi connectivity index (χ1v) is 9.49. The van der Waals surface area contributed by atoms with E-state index >= 15 is 0 Å². The molecule has 2 nitrogen and oxygen atoms in total. The third kappa shape index (κ3) is 4.64. The van der Waals surface area contributed by atoms with E-state index in [0.29, 0.717) is 0 Å². The summed E-state index contributed by atoms with van der Waals surface area (Å²) in [6.07, 6.45) is 10.0. The van der Waals surface area contributed by atoms with Gasteiger partial charge in [0.15, 0.2) is 0 Å². The number of likely N-dealkylation sites (N-methyl/N-ethyl adjacent to an activating group) is 1. The Morgan fingerprint density at radius 3 is 2.58 bits per heavy atom. The molecular weight excluding hydrogens is 252 g/mol. The van der Waals surface area contributed by atoms with Gasteiger partial charge < -0.3 is 10.2 Å². The van der Waals surface area contributed by atoms with Crippen molar-refractivity contribution >= 4 is 11.8 Å². The zero-order valence-corrected chi connectivity index (χ0v) is 13.7. The van der Waals surface area contributed by atoms with Gasteiger partial charge in [-0.15, -0.1) is 0 Å². The van der Waals surface area contributed by atoms with Gasteiger partial charge >= 0.3 is 0 Å². The molecule has 1 heterocycles. The maximum atomic E-state index is 3.91. The Balaban J connectivity index is 1.99. The van der Waals surface area contributed by atoms with Gasteiger partial charge in [0.1, 0.15) is 0 Å². The molecule has 1 N–H and O–H groups in total. The molecule has 0 aromatic carbocycles. The maximum Gasteiger partial charge on any atom is 0.0339 e. The van der Waals surface area contributed by atoms with Crippen molar-refractivity contribution in [3.05, 3.63) is 0 Å². The van der Waals surface area contributed by atoms with Crippen LogP contribution in [0.1, 0.15) is 51.9 Å². The fraction of sp³-hybridized carbons (Fsp3) is 1.00. The zero-order chi connectivity index (χ0) is 13.5. The molecule has 2 atom stereocenters. The summed E-state index contributed by atoms with van der Waals surface area (Å²) in [5.74, 6) is 3.56. The summed E-state index contributed by atoms with van der Waals surface area (Å²) < 4.78 is 0. The third-order valence-electron chi connectivity index (χ3n) is 4.90. The summed E-state index contributed by atoms with van der Waals surface area (Å²) in [4.78, 5) is 2.62. The average molecular weight is 285 g/mol. The molecule has 0 radical (unpaired) electrons. The Hall–Kier alpha value is 0.270. The maximum absolute atomic E-state index is 3.91. The van der Waals surface area contributed by atoms with Crippen LogP contribution < -0.4 is 5.32 Å². The van der Waals surface area contributed by atoms with Crippen molar-refractivity contribution < 1.29 is 0 Å². The molecule has 1 saturated carbocycles. The van der Waals surface area contributed by atoms with Gasteiger partial charge in [-0.05, 0) is 38.8 Å². The molecule has 0 bridgehead atoms. The molecule has 0 amide bonds. The lowest BCUT2D eigenvalue weighted by molar-refractivity contribution is 0.164. The van der Waals surface area contributed by atoms with Crippen LogP contribution in [-0.4, -0.2) is 48.6 Å². The molecule has 1 saturated heterocycles. The van der Waals surface area contributed by atoms with Gasteiger partial charge in [0, 0.05) is 30.1 Å². The quantitative estimate of drug-likeness (QED) is 0.779. The normalized spacial score (nSPS) is 29.1. The first-order chi connectivity index (χ1) is 9.33. The summed E-state index contributed by atoms with van der Waals surface area (Å²) in [5.41, 5.74) is 0. The van der Waals surface area contributed by atoms with Gasteiger partial charge in [0.2, 0.25) is 0 Å². The lowest BCUT2D eigenvalue weighted by atomic mass is 9.87. The number of nitrogens with zero attached hydrogens (tertiary/aromatic N) is 1. The minimum absolute atomic E-state index is 0.732. The van der Waals surface area contributed by atoms with Crippen molar-refractivity contribution in [2.75, 3.05) is 31.6 Å². The van der Waals surface area contributed by atoms with Crippen LogP contribution in [0.4, 0.5) is 0 Å². The molecule has 0 spiro atoms. The van der Waals surface area contributed by atoms with Gasteiger partial charge in [-0.3, -0.25) is 0 Å². The van der Waals surface area contributed by atoms with Crippen LogP contribution in [0.25, 0.3) is 0 Å². The summed E-state index contributed by atoms with van der Waals surface area (Å²) in [5, 5.41) is 3.91. The van der Waals surface area contributed by atoms with E-state index in [1.807, 2.05) is 0 Å². The predicted molar refractivity (Wildman–Crippen MR) is 87.0 cm³/mol. The van der Waals surface area contributed by atoms with Crippen LogP contribution in [0.3, 0.4) is 0 Å². The smallest absolute Gasteiger partial charge is 0.0339 e. The van der Waals surface area contributed by atoms with Gasteiger partial charge in [-0.25, -0.2) is 0 Å². The van der Waals surface area contributed by atoms with Gasteiger partial charge in [0.05, 0.1) is 0 Å². The van der Waals surface area contributed by atoms with Crippen molar-refractivity contribution in [3.8, 4) is 0 Å². The molecule has 2 unspecified atom stereocenters. The number of rotatable bonds is 5. The Morgan fingerprint density at radius 2 is 1.95 bits per heavy atom. The molecular formula is C16H32N2S. The van der Waals surface area contributed by atoms with E-state index in [1.54, 1.807) is 0 Å². The van der Waals surface area contributed by atoms with Crippen LogP contribution in [0.15, 0.2) is 0 Å². The Kier molecular flexibility index (Phi) is 7.03. The van der Waals surface area contributed by atoms with E-state index in [-0.39, 0.29) is 0 Å². The van der Waals surface area contributed by atoms with E-state index in [4.69, 9.17) is 0 Å². The molecule has 0 aromatic heterocycles. The van der Waals surface area contributed by atoms with Crippen molar-refractivity contribution in [1.82, 2.24) is 10.2 Å². The highest BCUT2D eigenvalue weighted by atomic mass is 32.2. The number of hydrogen-bond acceptors (Lipinski definition) is 3. The lowest BCUT2D eigenvalue weighted by Crippen LogP contribution is -2.56. The minimum atomic E-state index is 0.732. The Bertz CT molecular complexity index is 239. The average Bonchev–Trinajstić information content (AvgIpc) is 2.70. The number of thioether (sulfide) groups is 1. The lowest BCUT2D eigenvalue weighted by Gasteiger charge is -2.41. The molecule has 3 heteroatoms. The molecule has 0 aromatic rings. The Morgan fingerprint density at radius 1 is 1.21 bits per heavy atom. The summed E-state index contributed by atoms with van der Waals surface area (Å²) in [6, 6.07) is 1.49. The van der Waals surface area contributed by atoms with Crippen LogP contribution in [0, 0.1) is 5.92 Å². The molecule has 2 aliphatic rings. The second-order valence-electron chi connectivity index (χ2n) is 6.35. The largest absolute Gasteiger partial charge is 0.312 e. The van der Waals surface area contributed by atoms with Gasteiger partial charge in [0.25, 0.3) is 0 Å². The molecule has 1 aliphatic heterocycles. The van der Waals surface area contributed by atoms with E-state index in [2.05, 4.69) is 35.9 Å².